The maximum Gasteiger partial charge on any atom is 0.306 e. The number of rotatable bonds is 36. The molecule has 0 heterocycles. The van der Waals surface area contributed by atoms with Crippen LogP contribution in [0.25, 0.3) is 0 Å². The van der Waals surface area contributed by atoms with Gasteiger partial charge in [0.2, 0.25) is 0 Å². The zero-order chi connectivity index (χ0) is 36.4. The summed E-state index contributed by atoms with van der Waals surface area (Å²) in [4.78, 5) is 36.7. The predicted octanol–water partition coefficient (Wildman–Crippen LogP) is 8.22. The Balaban J connectivity index is 4.53. The number of carbonyl (C=O) groups is 3. The van der Waals surface area contributed by atoms with Gasteiger partial charge in [-0.25, -0.2) is 0 Å². The van der Waals surface area contributed by atoms with Crippen LogP contribution in [0, 0.1) is 0 Å². The van der Waals surface area contributed by atoms with Crippen molar-refractivity contribution in [1.82, 2.24) is 0 Å². The van der Waals surface area contributed by atoms with Crippen LogP contribution in [0.1, 0.15) is 168 Å². The summed E-state index contributed by atoms with van der Waals surface area (Å²) in [5, 5.41) is 11.6. The van der Waals surface area contributed by atoms with Crippen LogP contribution in [0.3, 0.4) is 0 Å². The van der Waals surface area contributed by atoms with E-state index in [9.17, 15) is 19.5 Å². The molecule has 0 aromatic heterocycles. The van der Waals surface area contributed by atoms with Gasteiger partial charge < -0.3 is 33.3 Å². The molecule has 0 aliphatic rings. The molecule has 49 heavy (non-hydrogen) atoms. The quantitative estimate of drug-likeness (QED) is 0.0212. The van der Waals surface area contributed by atoms with E-state index in [1.54, 1.807) is 0 Å². The molecular formula is C40H75NO8. The number of quaternary nitrogens is 1. The Morgan fingerprint density at radius 1 is 0.592 bits per heavy atom. The largest absolute Gasteiger partial charge is 0.545 e. The molecule has 0 aliphatic carbocycles. The third-order valence-electron chi connectivity index (χ3n) is 8.51. The Morgan fingerprint density at radius 3 is 1.55 bits per heavy atom. The molecule has 0 aromatic rings. The number of likely N-dealkylation sites (N-methyl/N-ethyl adjacent to an activating group) is 1. The summed E-state index contributed by atoms with van der Waals surface area (Å²) in [7, 11) is 5.90. The van der Waals surface area contributed by atoms with Crippen molar-refractivity contribution in [2.45, 2.75) is 180 Å². The molecule has 0 rings (SSSR count). The van der Waals surface area contributed by atoms with Crippen LogP contribution >= 0.6 is 0 Å². The zero-order valence-electron chi connectivity index (χ0n) is 32.3. The van der Waals surface area contributed by atoms with Crippen molar-refractivity contribution in [2.24, 2.45) is 0 Å². The van der Waals surface area contributed by atoms with Crippen LogP contribution in [0.5, 0.6) is 0 Å². The number of aliphatic carboxylic acids is 1. The molecule has 0 amide bonds. The highest BCUT2D eigenvalue weighted by Crippen LogP contribution is 2.14. The van der Waals surface area contributed by atoms with Crippen LogP contribution in [-0.2, 0) is 33.3 Å². The van der Waals surface area contributed by atoms with Crippen molar-refractivity contribution in [3.8, 4) is 0 Å². The molecule has 0 N–H and O–H groups in total. The number of allylic oxidation sites excluding steroid dienone is 2. The van der Waals surface area contributed by atoms with Gasteiger partial charge in [0.05, 0.1) is 40.3 Å². The summed E-state index contributed by atoms with van der Waals surface area (Å²) in [6.07, 6.45) is 28.1. The molecule has 0 saturated heterocycles. The van der Waals surface area contributed by atoms with Crippen LogP contribution < -0.4 is 5.11 Å². The topological polar surface area (TPSA) is 111 Å². The third-order valence-corrected chi connectivity index (χ3v) is 8.51. The predicted molar refractivity (Wildman–Crippen MR) is 196 cm³/mol. The Bertz CT molecular complexity index is 826. The fourth-order valence-electron chi connectivity index (χ4n) is 5.35. The van der Waals surface area contributed by atoms with Crippen molar-refractivity contribution < 1.29 is 42.9 Å². The van der Waals surface area contributed by atoms with Gasteiger partial charge in [-0.15, -0.1) is 0 Å². The standard InChI is InChI=1S/C40H75NO8/c1-6-8-10-12-14-16-18-20-22-24-26-28-30-37(42)47-34-36(35-48-40(39(44)45)46-33-32-41(3,4)5)49-38(43)31-29-27-25-23-21-19-17-15-13-11-9-7-2/h15,17,36,40H,6-14,16,18-35H2,1-5H3/b17-15-. The fourth-order valence-corrected chi connectivity index (χ4v) is 5.35. The summed E-state index contributed by atoms with van der Waals surface area (Å²) < 4.78 is 22.4. The van der Waals surface area contributed by atoms with Crippen LogP contribution in [0.2, 0.25) is 0 Å². The van der Waals surface area contributed by atoms with E-state index >= 15 is 0 Å². The SMILES string of the molecule is CCCCC/C=C\CCCCCCCC(=O)OC(COC(=O)CCCCCCCCCCCCCC)COC(OCC[N+](C)(C)C)C(=O)[O-]. The molecule has 2 unspecified atom stereocenters. The Hall–Kier alpha value is -1.97. The Morgan fingerprint density at radius 2 is 1.04 bits per heavy atom. The number of nitrogens with zero attached hydrogens (tertiary/aromatic N) is 1. The highest BCUT2D eigenvalue weighted by molar-refractivity contribution is 5.70. The molecule has 9 nitrogen and oxygen atoms in total. The lowest BCUT2D eigenvalue weighted by molar-refractivity contribution is -0.870. The molecule has 288 valence electrons. The first kappa shape index (κ1) is 47.0. The number of esters is 2. The molecule has 0 spiro atoms. The molecule has 0 radical (unpaired) electrons. The number of ether oxygens (including phenoxy) is 4. The first-order chi connectivity index (χ1) is 23.6. The Kier molecular flexibility index (Phi) is 31.9. The van der Waals surface area contributed by atoms with E-state index in [-0.39, 0.29) is 32.2 Å². The average Bonchev–Trinajstić information content (AvgIpc) is 3.05. The lowest BCUT2D eigenvalue weighted by Gasteiger charge is -2.26. The second-order valence-corrected chi connectivity index (χ2v) is 14.6. The summed E-state index contributed by atoms with van der Waals surface area (Å²) in [6.45, 7) is 4.69. The van der Waals surface area contributed by atoms with Crippen molar-refractivity contribution in [1.29, 1.82) is 0 Å². The van der Waals surface area contributed by atoms with Crippen LogP contribution in [0.15, 0.2) is 12.2 Å². The number of hydrogen-bond donors (Lipinski definition) is 0. The summed E-state index contributed by atoms with van der Waals surface area (Å²) in [5.41, 5.74) is 0. The molecule has 0 fully saturated rings. The molecule has 9 heteroatoms. The minimum absolute atomic E-state index is 0.149. The maximum atomic E-state index is 12.6. The first-order valence-electron chi connectivity index (χ1n) is 19.8. The van der Waals surface area contributed by atoms with Gasteiger partial charge in [-0.3, -0.25) is 9.59 Å². The van der Waals surface area contributed by atoms with E-state index in [1.807, 2.05) is 21.1 Å². The van der Waals surface area contributed by atoms with Crippen LogP contribution in [-0.4, -0.2) is 82.3 Å². The van der Waals surface area contributed by atoms with Gasteiger partial charge in [0, 0.05) is 12.8 Å². The second kappa shape index (κ2) is 33.2. The van der Waals surface area contributed by atoms with Gasteiger partial charge in [-0.05, 0) is 38.5 Å². The van der Waals surface area contributed by atoms with E-state index in [0.717, 1.165) is 57.8 Å². The number of carboxylic acids is 1. The maximum absolute atomic E-state index is 12.6. The average molecular weight is 698 g/mol. The normalized spacial score (nSPS) is 13.1. The highest BCUT2D eigenvalue weighted by atomic mass is 16.7. The van der Waals surface area contributed by atoms with Gasteiger partial charge in [-0.1, -0.05) is 129 Å². The molecule has 0 saturated carbocycles. The summed E-state index contributed by atoms with van der Waals surface area (Å²) in [5.74, 6) is -2.29. The summed E-state index contributed by atoms with van der Waals surface area (Å²) in [6, 6.07) is 0. The van der Waals surface area contributed by atoms with E-state index in [2.05, 4.69) is 26.0 Å². The smallest absolute Gasteiger partial charge is 0.306 e. The number of unbranched alkanes of at least 4 members (excludes halogenated alkanes) is 19. The second-order valence-electron chi connectivity index (χ2n) is 14.6. The molecule has 0 aliphatic heterocycles. The minimum atomic E-state index is -1.62. The van der Waals surface area contributed by atoms with Gasteiger partial charge in [0.25, 0.3) is 0 Å². The number of carbonyl (C=O) groups excluding carboxylic acids is 3. The van der Waals surface area contributed by atoms with Crippen molar-refractivity contribution in [3.05, 3.63) is 12.2 Å². The van der Waals surface area contributed by atoms with E-state index in [4.69, 9.17) is 18.9 Å². The van der Waals surface area contributed by atoms with Gasteiger partial charge in [0.1, 0.15) is 13.2 Å². The van der Waals surface area contributed by atoms with Crippen molar-refractivity contribution in [3.63, 3.8) is 0 Å². The number of hydrogen-bond acceptors (Lipinski definition) is 8. The van der Waals surface area contributed by atoms with E-state index < -0.39 is 24.3 Å². The lowest BCUT2D eigenvalue weighted by Crippen LogP contribution is -2.44. The minimum Gasteiger partial charge on any atom is -0.545 e. The monoisotopic (exact) mass is 698 g/mol. The molecule has 0 bridgehead atoms. The highest BCUT2D eigenvalue weighted by Gasteiger charge is 2.21. The summed E-state index contributed by atoms with van der Waals surface area (Å²) >= 11 is 0. The van der Waals surface area contributed by atoms with Gasteiger partial charge in [0.15, 0.2) is 12.4 Å². The lowest BCUT2D eigenvalue weighted by atomic mass is 10.0. The number of carboxylic acid groups (broad SMARTS) is 1. The van der Waals surface area contributed by atoms with Crippen molar-refractivity contribution >= 4 is 17.9 Å². The van der Waals surface area contributed by atoms with E-state index in [0.29, 0.717) is 23.9 Å². The van der Waals surface area contributed by atoms with Crippen molar-refractivity contribution in [2.75, 3.05) is 47.5 Å². The first-order valence-corrected chi connectivity index (χ1v) is 19.8. The Labute approximate surface area is 300 Å². The molecule has 2 atom stereocenters. The fraction of sp³-hybridized carbons (Fsp3) is 0.875. The zero-order valence-corrected chi connectivity index (χ0v) is 32.3. The molecular weight excluding hydrogens is 622 g/mol. The van der Waals surface area contributed by atoms with Crippen LogP contribution in [0.4, 0.5) is 0 Å². The van der Waals surface area contributed by atoms with E-state index in [1.165, 1.54) is 77.0 Å². The van der Waals surface area contributed by atoms with Gasteiger partial charge in [-0.2, -0.15) is 0 Å². The third kappa shape index (κ3) is 34.3. The van der Waals surface area contributed by atoms with Gasteiger partial charge >= 0.3 is 11.9 Å². The molecule has 0 aromatic carbocycles.